The molecule has 0 aliphatic rings. The second-order valence-electron chi connectivity index (χ2n) is 5.11. The van der Waals surface area contributed by atoms with Gasteiger partial charge in [-0.25, -0.2) is 13.1 Å². The van der Waals surface area contributed by atoms with Gasteiger partial charge in [0.2, 0.25) is 10.0 Å². The van der Waals surface area contributed by atoms with Crippen molar-refractivity contribution in [2.45, 2.75) is 24.3 Å². The Balaban J connectivity index is 2.52. The quantitative estimate of drug-likeness (QED) is 0.622. The van der Waals surface area contributed by atoms with E-state index in [2.05, 4.69) is 9.71 Å². The number of aromatic nitrogens is 1. The molecule has 0 atom stereocenters. The molecule has 0 aliphatic carbocycles. The zero-order chi connectivity index (χ0) is 14.3. The van der Waals surface area contributed by atoms with Crippen LogP contribution in [0.5, 0.6) is 0 Å². The van der Waals surface area contributed by atoms with Crippen LogP contribution in [-0.2, 0) is 10.0 Å². The third-order valence-corrected chi connectivity index (χ3v) is 4.50. The highest BCUT2D eigenvalue weighted by Crippen LogP contribution is 2.25. The monoisotopic (exact) mass is 283 g/mol. The first kappa shape index (κ1) is 13.9. The van der Waals surface area contributed by atoms with Gasteiger partial charge < -0.3 is 15.8 Å². The van der Waals surface area contributed by atoms with Gasteiger partial charge in [0.1, 0.15) is 4.90 Å². The summed E-state index contributed by atoms with van der Waals surface area (Å²) < 4.78 is 27.1. The van der Waals surface area contributed by atoms with E-state index < -0.39 is 15.6 Å². The normalized spacial score (nSPS) is 13.0. The highest BCUT2D eigenvalue weighted by atomic mass is 32.2. The summed E-state index contributed by atoms with van der Waals surface area (Å²) in [6.07, 6.45) is 1.42. The molecule has 0 unspecified atom stereocenters. The van der Waals surface area contributed by atoms with Crippen molar-refractivity contribution in [3.63, 3.8) is 0 Å². The third kappa shape index (κ3) is 2.73. The number of hydrogen-bond donors (Lipinski definition) is 4. The van der Waals surface area contributed by atoms with E-state index in [0.29, 0.717) is 16.6 Å². The maximum absolute atomic E-state index is 12.3. The number of nitrogens with two attached hydrogens (primary N) is 1. The molecule has 0 bridgehead atoms. The number of aliphatic hydroxyl groups excluding tert-OH is 1. The molecule has 0 radical (unpaired) electrons. The molecule has 0 spiro atoms. The Hall–Kier alpha value is -1.57. The van der Waals surface area contributed by atoms with Crippen LogP contribution in [0.25, 0.3) is 10.9 Å². The molecule has 0 aliphatic heterocycles. The van der Waals surface area contributed by atoms with E-state index in [1.54, 1.807) is 32.0 Å². The number of H-pyrrole nitrogens is 1. The molecular weight excluding hydrogens is 266 g/mol. The Morgan fingerprint density at radius 1 is 1.42 bits per heavy atom. The molecule has 1 aromatic heterocycles. The number of hydrogen-bond acceptors (Lipinski definition) is 4. The number of fused-ring (bicyclic) bond motifs is 1. The molecule has 6 nitrogen and oxygen atoms in total. The minimum absolute atomic E-state index is 0.122. The van der Waals surface area contributed by atoms with Gasteiger partial charge in [0.15, 0.2) is 0 Å². The molecule has 0 fully saturated rings. The van der Waals surface area contributed by atoms with Gasteiger partial charge in [-0.2, -0.15) is 0 Å². The van der Waals surface area contributed by atoms with Crippen molar-refractivity contribution < 1.29 is 13.5 Å². The summed E-state index contributed by atoms with van der Waals surface area (Å²) in [5.41, 5.74) is 5.93. The first-order chi connectivity index (χ1) is 8.75. The summed E-state index contributed by atoms with van der Waals surface area (Å²) in [6, 6.07) is 5.02. The molecule has 1 aromatic carbocycles. The Morgan fingerprint density at radius 3 is 2.74 bits per heavy atom. The van der Waals surface area contributed by atoms with E-state index >= 15 is 0 Å². The molecule has 2 aromatic rings. The number of rotatable bonds is 4. The smallest absolute Gasteiger partial charge is 0.243 e. The maximum Gasteiger partial charge on any atom is 0.243 e. The van der Waals surface area contributed by atoms with E-state index in [1.807, 2.05) is 0 Å². The van der Waals surface area contributed by atoms with Crippen molar-refractivity contribution in [3.05, 3.63) is 24.4 Å². The minimum atomic E-state index is -3.73. The molecule has 5 N–H and O–H groups in total. The number of aromatic amines is 1. The standard InChI is InChI=1S/C12H17N3O3S/c1-12(2,7-16)15-19(17,18)11-6-14-10-4-3-8(13)5-9(10)11/h3-6,14-16H,7,13H2,1-2H3. The van der Waals surface area contributed by atoms with Crippen molar-refractivity contribution in [2.24, 2.45) is 0 Å². The van der Waals surface area contributed by atoms with Crippen LogP contribution in [0.3, 0.4) is 0 Å². The summed E-state index contributed by atoms with van der Waals surface area (Å²) in [4.78, 5) is 3.01. The summed E-state index contributed by atoms with van der Waals surface area (Å²) in [5, 5.41) is 9.69. The fraction of sp³-hybridized carbons (Fsp3) is 0.333. The molecule has 104 valence electrons. The van der Waals surface area contributed by atoms with Gasteiger partial charge >= 0.3 is 0 Å². The molecular formula is C12H17N3O3S. The summed E-state index contributed by atoms with van der Waals surface area (Å²) in [7, 11) is -3.73. The Bertz CT molecular complexity index is 704. The molecule has 7 heteroatoms. The van der Waals surface area contributed by atoms with Crippen molar-refractivity contribution in [1.29, 1.82) is 0 Å². The molecule has 0 saturated carbocycles. The average molecular weight is 283 g/mol. The Kier molecular flexibility index (Phi) is 3.29. The van der Waals surface area contributed by atoms with Gasteiger partial charge in [-0.15, -0.1) is 0 Å². The predicted molar refractivity (Wildman–Crippen MR) is 74.2 cm³/mol. The minimum Gasteiger partial charge on any atom is -0.399 e. The van der Waals surface area contributed by atoms with Crippen LogP contribution in [0.2, 0.25) is 0 Å². The van der Waals surface area contributed by atoms with Gasteiger partial charge in [-0.1, -0.05) is 0 Å². The van der Waals surface area contributed by atoms with Crippen molar-refractivity contribution in [3.8, 4) is 0 Å². The molecule has 0 amide bonds. The zero-order valence-corrected chi connectivity index (χ0v) is 11.6. The van der Waals surface area contributed by atoms with E-state index in [4.69, 9.17) is 10.8 Å². The van der Waals surface area contributed by atoms with Gasteiger partial charge in [-0.05, 0) is 32.0 Å². The van der Waals surface area contributed by atoms with Crippen molar-refractivity contribution >= 4 is 26.6 Å². The van der Waals surface area contributed by atoms with Crippen LogP contribution in [0.1, 0.15) is 13.8 Å². The van der Waals surface area contributed by atoms with Gasteiger partial charge in [0, 0.05) is 22.8 Å². The summed E-state index contributed by atoms with van der Waals surface area (Å²) >= 11 is 0. The SMILES string of the molecule is CC(C)(CO)NS(=O)(=O)c1c[nH]c2ccc(N)cc12. The van der Waals surface area contributed by atoms with Gasteiger partial charge in [0.05, 0.1) is 12.1 Å². The fourth-order valence-electron chi connectivity index (χ4n) is 1.79. The van der Waals surface area contributed by atoms with Crippen LogP contribution in [0.4, 0.5) is 5.69 Å². The second kappa shape index (κ2) is 4.52. The summed E-state index contributed by atoms with van der Waals surface area (Å²) in [5.74, 6) is 0. The lowest BCUT2D eigenvalue weighted by Crippen LogP contribution is -2.46. The van der Waals surface area contributed by atoms with Crippen molar-refractivity contribution in [2.75, 3.05) is 12.3 Å². The van der Waals surface area contributed by atoms with E-state index in [1.165, 1.54) is 6.20 Å². The average Bonchev–Trinajstić information content (AvgIpc) is 2.71. The number of anilines is 1. The topological polar surface area (TPSA) is 108 Å². The van der Waals surface area contributed by atoms with Crippen LogP contribution >= 0.6 is 0 Å². The first-order valence-electron chi connectivity index (χ1n) is 5.77. The van der Waals surface area contributed by atoms with Gasteiger partial charge in [0.25, 0.3) is 0 Å². The highest BCUT2D eigenvalue weighted by Gasteiger charge is 2.27. The van der Waals surface area contributed by atoms with Crippen LogP contribution < -0.4 is 10.5 Å². The lowest BCUT2D eigenvalue weighted by Gasteiger charge is -2.22. The Morgan fingerprint density at radius 2 is 2.11 bits per heavy atom. The van der Waals surface area contributed by atoms with Crippen LogP contribution in [0, 0.1) is 0 Å². The van der Waals surface area contributed by atoms with Crippen molar-refractivity contribution in [1.82, 2.24) is 9.71 Å². The third-order valence-electron chi connectivity index (χ3n) is 2.76. The number of aliphatic hydroxyl groups is 1. The highest BCUT2D eigenvalue weighted by molar-refractivity contribution is 7.89. The summed E-state index contributed by atoms with van der Waals surface area (Å²) in [6.45, 7) is 2.91. The fourth-order valence-corrected chi connectivity index (χ4v) is 3.36. The van der Waals surface area contributed by atoms with Crippen LogP contribution in [0.15, 0.2) is 29.3 Å². The zero-order valence-electron chi connectivity index (χ0n) is 10.8. The number of nitrogen functional groups attached to an aromatic ring is 1. The lowest BCUT2D eigenvalue weighted by atomic mass is 10.1. The molecule has 19 heavy (non-hydrogen) atoms. The van der Waals surface area contributed by atoms with Gasteiger partial charge in [-0.3, -0.25) is 0 Å². The number of benzene rings is 1. The van der Waals surface area contributed by atoms with E-state index in [9.17, 15) is 8.42 Å². The molecule has 1 heterocycles. The second-order valence-corrected chi connectivity index (χ2v) is 6.76. The number of nitrogens with one attached hydrogen (secondary N) is 2. The van der Waals surface area contributed by atoms with E-state index in [-0.39, 0.29) is 11.5 Å². The van der Waals surface area contributed by atoms with E-state index in [0.717, 1.165) is 0 Å². The lowest BCUT2D eigenvalue weighted by molar-refractivity contribution is 0.208. The largest absolute Gasteiger partial charge is 0.399 e. The first-order valence-corrected chi connectivity index (χ1v) is 7.25. The van der Waals surface area contributed by atoms with Crippen LogP contribution in [-0.4, -0.2) is 30.7 Å². The predicted octanol–water partition coefficient (Wildman–Crippen LogP) is 0.799. The number of sulfonamides is 1. The molecule has 0 saturated heterocycles. The Labute approximate surface area is 111 Å². The maximum atomic E-state index is 12.3. The molecule has 2 rings (SSSR count).